The molecule has 4 rings (SSSR count). The van der Waals surface area contributed by atoms with Crippen LogP contribution in [-0.4, -0.2) is 32.0 Å². The van der Waals surface area contributed by atoms with Gasteiger partial charge in [0.2, 0.25) is 5.91 Å². The maximum atomic E-state index is 13.1. The van der Waals surface area contributed by atoms with Crippen LogP contribution in [-0.2, 0) is 24.7 Å². The van der Waals surface area contributed by atoms with Crippen LogP contribution < -0.4 is 5.32 Å². The molecule has 1 aliphatic carbocycles. The first-order chi connectivity index (χ1) is 14.0. The van der Waals surface area contributed by atoms with Crippen molar-refractivity contribution in [3.05, 3.63) is 82.7 Å². The predicted molar refractivity (Wildman–Crippen MR) is 106 cm³/mol. The van der Waals surface area contributed by atoms with E-state index in [9.17, 15) is 9.59 Å². The minimum absolute atomic E-state index is 0.0204. The van der Waals surface area contributed by atoms with Gasteiger partial charge in [0.1, 0.15) is 0 Å². The molecule has 0 aliphatic heterocycles. The van der Waals surface area contributed by atoms with Crippen LogP contribution in [0.5, 0.6) is 0 Å². The maximum absolute atomic E-state index is 13.1. The zero-order valence-electron chi connectivity index (χ0n) is 16.1. The molecule has 29 heavy (non-hydrogen) atoms. The first-order valence-corrected chi connectivity index (χ1v) is 9.59. The van der Waals surface area contributed by atoms with E-state index in [2.05, 4.69) is 15.6 Å². The second-order valence-electron chi connectivity index (χ2n) is 7.33. The zero-order chi connectivity index (χ0) is 20.4. The van der Waals surface area contributed by atoms with E-state index in [1.165, 1.54) is 0 Å². The largest absolute Gasteiger partial charge is 0.478 e. The Morgan fingerprint density at radius 1 is 1.10 bits per heavy atom. The Labute approximate surface area is 168 Å². The van der Waals surface area contributed by atoms with Crippen molar-refractivity contribution in [2.24, 2.45) is 13.0 Å². The Morgan fingerprint density at radius 3 is 2.48 bits per heavy atom. The van der Waals surface area contributed by atoms with Crippen LogP contribution in [0.4, 0.5) is 0 Å². The molecule has 1 aromatic heterocycles. The van der Waals surface area contributed by atoms with Crippen LogP contribution in [0, 0.1) is 5.92 Å². The van der Waals surface area contributed by atoms with Crippen molar-refractivity contribution < 1.29 is 14.7 Å². The number of carbonyl (C=O) groups excluding carboxylic acids is 1. The molecule has 3 aromatic rings. The summed E-state index contributed by atoms with van der Waals surface area (Å²) in [5.74, 6) is -1.14. The second kappa shape index (κ2) is 7.87. The molecule has 0 fully saturated rings. The van der Waals surface area contributed by atoms with Crippen LogP contribution in [0.3, 0.4) is 0 Å². The fraction of sp³-hybridized carbons (Fsp3) is 0.273. The van der Waals surface area contributed by atoms with Gasteiger partial charge in [-0.3, -0.25) is 9.48 Å². The topological polar surface area (TPSA) is 97.1 Å². The van der Waals surface area contributed by atoms with E-state index in [4.69, 9.17) is 5.11 Å². The van der Waals surface area contributed by atoms with Crippen LogP contribution in [0.1, 0.15) is 45.3 Å². The van der Waals surface area contributed by atoms with Gasteiger partial charge in [0.25, 0.3) is 0 Å². The van der Waals surface area contributed by atoms with Gasteiger partial charge in [-0.15, -0.1) is 5.10 Å². The van der Waals surface area contributed by atoms with E-state index < -0.39 is 5.97 Å². The Bertz CT molecular complexity index is 1030. The van der Waals surface area contributed by atoms with Gasteiger partial charge in [-0.1, -0.05) is 47.7 Å². The van der Waals surface area contributed by atoms with Crippen molar-refractivity contribution in [1.29, 1.82) is 0 Å². The molecule has 0 bridgehead atoms. The van der Waals surface area contributed by atoms with Crippen LogP contribution in [0.25, 0.3) is 0 Å². The van der Waals surface area contributed by atoms with E-state index >= 15 is 0 Å². The van der Waals surface area contributed by atoms with Crippen molar-refractivity contribution in [2.45, 2.75) is 25.3 Å². The van der Waals surface area contributed by atoms with E-state index in [0.717, 1.165) is 35.4 Å². The smallest absolute Gasteiger partial charge is 0.335 e. The average molecular weight is 390 g/mol. The van der Waals surface area contributed by atoms with E-state index in [1.54, 1.807) is 28.9 Å². The Hall–Kier alpha value is -3.48. The lowest BCUT2D eigenvalue weighted by Gasteiger charge is -2.25. The molecular weight excluding hydrogens is 368 g/mol. The number of carboxylic acids is 1. The highest BCUT2D eigenvalue weighted by Gasteiger charge is 2.30. The van der Waals surface area contributed by atoms with Crippen molar-refractivity contribution in [1.82, 2.24) is 20.3 Å². The average Bonchev–Trinajstić information content (AvgIpc) is 3.13. The number of benzene rings is 2. The summed E-state index contributed by atoms with van der Waals surface area (Å²) in [7, 11) is 1.85. The molecule has 2 N–H and O–H groups in total. The zero-order valence-corrected chi connectivity index (χ0v) is 16.1. The number of nitrogens with one attached hydrogen (secondary N) is 1. The first-order valence-electron chi connectivity index (χ1n) is 9.59. The Morgan fingerprint density at radius 2 is 1.79 bits per heavy atom. The highest BCUT2D eigenvalue weighted by molar-refractivity contribution is 5.87. The fourth-order valence-electron chi connectivity index (χ4n) is 3.82. The minimum atomic E-state index is -0.973. The predicted octanol–water partition coefficient (Wildman–Crippen LogP) is 2.52. The van der Waals surface area contributed by atoms with E-state index in [0.29, 0.717) is 6.42 Å². The van der Waals surface area contributed by atoms with Gasteiger partial charge in [0.15, 0.2) is 0 Å². The lowest BCUT2D eigenvalue weighted by atomic mass is 9.88. The van der Waals surface area contributed by atoms with Gasteiger partial charge in [0.05, 0.1) is 23.0 Å². The van der Waals surface area contributed by atoms with Gasteiger partial charge in [-0.25, -0.2) is 4.79 Å². The Kier molecular flexibility index (Phi) is 5.12. The lowest BCUT2D eigenvalue weighted by Crippen LogP contribution is -2.37. The quantitative estimate of drug-likeness (QED) is 0.698. The minimum Gasteiger partial charge on any atom is -0.478 e. The molecule has 0 radical (unpaired) electrons. The van der Waals surface area contributed by atoms with Crippen LogP contribution in [0.15, 0.2) is 54.6 Å². The molecule has 0 saturated heterocycles. The van der Waals surface area contributed by atoms with E-state index in [1.807, 2.05) is 37.4 Å². The standard InChI is InChI=1S/C22H22N4O3/c1-26-19-13-17(11-12-18(19)24-25-26)21(27)23-20(14-5-3-2-4-6-14)15-7-9-16(10-8-15)22(28)29/h2-10,17,20H,11-13H2,1H3,(H,23,27)(H,28,29). The number of aryl methyl sites for hydroxylation is 2. The summed E-state index contributed by atoms with van der Waals surface area (Å²) in [6.45, 7) is 0. The third-order valence-electron chi connectivity index (χ3n) is 5.47. The van der Waals surface area contributed by atoms with Gasteiger partial charge in [0, 0.05) is 19.4 Å². The number of amides is 1. The molecule has 1 amide bonds. The monoisotopic (exact) mass is 390 g/mol. The summed E-state index contributed by atoms with van der Waals surface area (Å²) >= 11 is 0. The highest BCUT2D eigenvalue weighted by Crippen LogP contribution is 2.27. The van der Waals surface area contributed by atoms with Gasteiger partial charge in [-0.05, 0) is 36.1 Å². The molecule has 148 valence electrons. The number of aromatic carboxylic acids is 1. The molecule has 0 spiro atoms. The molecule has 2 unspecified atom stereocenters. The summed E-state index contributed by atoms with van der Waals surface area (Å²) in [5, 5.41) is 20.5. The van der Waals surface area contributed by atoms with Crippen molar-refractivity contribution in [3.8, 4) is 0 Å². The number of fused-ring (bicyclic) bond motifs is 1. The first kappa shape index (κ1) is 18.9. The van der Waals surface area contributed by atoms with E-state index in [-0.39, 0.29) is 23.4 Å². The molecular formula is C22H22N4O3. The van der Waals surface area contributed by atoms with Crippen molar-refractivity contribution in [2.75, 3.05) is 0 Å². The molecule has 7 heteroatoms. The summed E-state index contributed by atoms with van der Waals surface area (Å²) in [6, 6.07) is 16.0. The number of rotatable bonds is 5. The van der Waals surface area contributed by atoms with Gasteiger partial charge < -0.3 is 10.4 Å². The lowest BCUT2D eigenvalue weighted by molar-refractivity contribution is -0.125. The highest BCUT2D eigenvalue weighted by atomic mass is 16.4. The number of carbonyl (C=O) groups is 2. The number of aromatic nitrogens is 3. The van der Waals surface area contributed by atoms with Gasteiger partial charge in [-0.2, -0.15) is 0 Å². The fourth-order valence-corrected chi connectivity index (χ4v) is 3.82. The molecule has 7 nitrogen and oxygen atoms in total. The molecule has 2 aromatic carbocycles. The van der Waals surface area contributed by atoms with Gasteiger partial charge >= 0.3 is 5.97 Å². The number of carboxylic acid groups (broad SMARTS) is 1. The number of nitrogens with zero attached hydrogens (tertiary/aromatic N) is 3. The number of hydrogen-bond donors (Lipinski definition) is 2. The number of hydrogen-bond acceptors (Lipinski definition) is 4. The molecule has 1 heterocycles. The third-order valence-corrected chi connectivity index (χ3v) is 5.47. The normalized spacial score (nSPS) is 16.7. The summed E-state index contributed by atoms with van der Waals surface area (Å²) in [6.07, 6.45) is 2.09. The SMILES string of the molecule is Cn1nnc2c1CC(C(=O)NC(c1ccccc1)c1ccc(C(=O)O)cc1)CC2. The molecule has 1 aliphatic rings. The maximum Gasteiger partial charge on any atom is 0.335 e. The third kappa shape index (κ3) is 3.89. The summed E-state index contributed by atoms with van der Waals surface area (Å²) in [5.41, 5.74) is 3.99. The van der Waals surface area contributed by atoms with Crippen molar-refractivity contribution in [3.63, 3.8) is 0 Å². The Balaban J connectivity index is 1.58. The molecule has 0 saturated carbocycles. The van der Waals surface area contributed by atoms with Crippen LogP contribution in [0.2, 0.25) is 0 Å². The summed E-state index contributed by atoms with van der Waals surface area (Å²) < 4.78 is 1.74. The van der Waals surface area contributed by atoms with Crippen molar-refractivity contribution >= 4 is 11.9 Å². The summed E-state index contributed by atoms with van der Waals surface area (Å²) in [4.78, 5) is 24.3. The van der Waals surface area contributed by atoms with Crippen LogP contribution >= 0.6 is 0 Å². The second-order valence-corrected chi connectivity index (χ2v) is 7.33. The molecule has 2 atom stereocenters.